The Labute approximate surface area is 207 Å². The molecule has 2 fully saturated rings. The Kier molecular flexibility index (Phi) is 5.78. The highest BCUT2D eigenvalue weighted by Crippen LogP contribution is 2.48. The number of hydrogen-bond donors (Lipinski definition) is 1. The molecule has 1 aromatic heterocycles. The number of nitriles is 1. The number of nitrogens with zero attached hydrogens (tertiary/aromatic N) is 6. The van der Waals surface area contributed by atoms with Crippen LogP contribution in [0.2, 0.25) is 0 Å². The number of piperazine rings is 1. The monoisotopic (exact) mass is 473 g/mol. The van der Waals surface area contributed by atoms with Gasteiger partial charge in [-0.1, -0.05) is 24.3 Å². The van der Waals surface area contributed by atoms with Crippen molar-refractivity contribution in [3.8, 4) is 11.9 Å². The molecule has 2 atom stereocenters. The number of rotatable bonds is 4. The number of ether oxygens (including phenoxy) is 1. The summed E-state index contributed by atoms with van der Waals surface area (Å²) in [5.74, 6) is 2.53. The summed E-state index contributed by atoms with van der Waals surface area (Å²) in [4.78, 5) is 17.1. The lowest BCUT2D eigenvalue weighted by molar-refractivity contribution is 0.0201. The van der Waals surface area contributed by atoms with Crippen molar-refractivity contribution in [1.82, 2.24) is 20.2 Å². The van der Waals surface area contributed by atoms with E-state index >= 15 is 0 Å². The fraction of sp³-hybridized carbons (Fsp3) is 0.593. The topological polar surface area (TPSA) is 80.5 Å². The van der Waals surface area contributed by atoms with E-state index in [1.54, 1.807) is 0 Å². The Balaban J connectivity index is 1.37. The fourth-order valence-electron chi connectivity index (χ4n) is 6.17. The van der Waals surface area contributed by atoms with E-state index in [4.69, 9.17) is 14.7 Å². The van der Waals surface area contributed by atoms with Crippen LogP contribution in [0.15, 0.2) is 24.3 Å². The number of aromatic nitrogens is 2. The van der Waals surface area contributed by atoms with Gasteiger partial charge < -0.3 is 24.8 Å². The van der Waals surface area contributed by atoms with Gasteiger partial charge in [0.1, 0.15) is 11.4 Å². The number of likely N-dealkylation sites (N-methyl/N-ethyl adjacent to an activating group) is 1. The first-order valence-corrected chi connectivity index (χ1v) is 13.0. The lowest BCUT2D eigenvalue weighted by Crippen LogP contribution is -2.58. The number of aryl methyl sites for hydroxylation is 1. The first-order valence-electron chi connectivity index (χ1n) is 13.0. The summed E-state index contributed by atoms with van der Waals surface area (Å²) in [6.45, 7) is 4.37. The molecule has 4 heterocycles. The Morgan fingerprint density at radius 3 is 2.83 bits per heavy atom. The first kappa shape index (κ1) is 22.6. The molecule has 184 valence electrons. The van der Waals surface area contributed by atoms with Gasteiger partial charge in [0.25, 0.3) is 0 Å². The summed E-state index contributed by atoms with van der Waals surface area (Å²) in [6.07, 6.45) is 5.65. The summed E-state index contributed by atoms with van der Waals surface area (Å²) in [5, 5.41) is 12.7. The highest BCUT2D eigenvalue weighted by Gasteiger charge is 2.44. The maximum Gasteiger partial charge on any atom is 0.230 e. The minimum Gasteiger partial charge on any atom is -0.466 e. The van der Waals surface area contributed by atoms with Crippen LogP contribution in [0.4, 0.5) is 11.8 Å². The SMILES string of the molecule is CN(C)C1CN(c2nc3c(c(N4CCN[C@@H](CC#N)C4)n2)CCC2(CCCc4ccccc42)O3)C1. The summed E-state index contributed by atoms with van der Waals surface area (Å²) in [5.41, 5.74) is 3.59. The van der Waals surface area contributed by atoms with Crippen LogP contribution >= 0.6 is 0 Å². The number of benzene rings is 1. The molecule has 3 aliphatic heterocycles. The van der Waals surface area contributed by atoms with Crippen molar-refractivity contribution in [2.75, 3.05) is 56.6 Å². The molecular weight excluding hydrogens is 438 g/mol. The fourth-order valence-corrected chi connectivity index (χ4v) is 6.17. The molecule has 1 aliphatic carbocycles. The van der Waals surface area contributed by atoms with Gasteiger partial charge in [-0.3, -0.25) is 0 Å². The molecule has 6 rings (SSSR count). The van der Waals surface area contributed by atoms with Crippen LogP contribution in [0.5, 0.6) is 5.88 Å². The molecule has 1 aromatic carbocycles. The third kappa shape index (κ3) is 4.01. The van der Waals surface area contributed by atoms with Gasteiger partial charge in [-0.25, -0.2) is 0 Å². The zero-order valence-electron chi connectivity index (χ0n) is 20.8. The minimum absolute atomic E-state index is 0.158. The molecule has 8 nitrogen and oxygen atoms in total. The molecule has 0 bridgehead atoms. The molecule has 2 saturated heterocycles. The Morgan fingerprint density at radius 1 is 1.14 bits per heavy atom. The maximum atomic E-state index is 9.25. The second kappa shape index (κ2) is 8.96. The highest BCUT2D eigenvalue weighted by atomic mass is 16.5. The van der Waals surface area contributed by atoms with E-state index in [1.807, 2.05) is 0 Å². The van der Waals surface area contributed by atoms with E-state index in [0.29, 0.717) is 12.5 Å². The highest BCUT2D eigenvalue weighted by molar-refractivity contribution is 5.58. The van der Waals surface area contributed by atoms with Crippen molar-refractivity contribution in [3.05, 3.63) is 41.0 Å². The van der Waals surface area contributed by atoms with E-state index in [2.05, 4.69) is 64.4 Å². The van der Waals surface area contributed by atoms with Gasteiger partial charge in [0.2, 0.25) is 11.8 Å². The summed E-state index contributed by atoms with van der Waals surface area (Å²) in [6, 6.07) is 11.8. The first-order chi connectivity index (χ1) is 17.1. The van der Waals surface area contributed by atoms with Gasteiger partial charge in [0, 0.05) is 44.8 Å². The predicted octanol–water partition coefficient (Wildman–Crippen LogP) is 2.48. The second-order valence-electron chi connectivity index (χ2n) is 10.7. The van der Waals surface area contributed by atoms with Crippen LogP contribution in [0, 0.1) is 11.3 Å². The quantitative estimate of drug-likeness (QED) is 0.726. The molecule has 0 radical (unpaired) electrons. The van der Waals surface area contributed by atoms with Gasteiger partial charge >= 0.3 is 0 Å². The second-order valence-corrected chi connectivity index (χ2v) is 10.7. The summed E-state index contributed by atoms with van der Waals surface area (Å²) < 4.78 is 6.94. The number of hydrogen-bond acceptors (Lipinski definition) is 8. The zero-order chi connectivity index (χ0) is 24.0. The molecule has 1 N–H and O–H groups in total. The molecule has 8 heteroatoms. The number of fused-ring (bicyclic) bond motifs is 3. The lowest BCUT2D eigenvalue weighted by atomic mass is 9.75. The lowest BCUT2D eigenvalue weighted by Gasteiger charge is -2.45. The van der Waals surface area contributed by atoms with E-state index < -0.39 is 0 Å². The van der Waals surface area contributed by atoms with Crippen molar-refractivity contribution in [3.63, 3.8) is 0 Å². The third-order valence-corrected chi connectivity index (χ3v) is 8.31. The van der Waals surface area contributed by atoms with Gasteiger partial charge in [0.15, 0.2) is 0 Å². The molecule has 2 aromatic rings. The van der Waals surface area contributed by atoms with Crippen LogP contribution in [-0.4, -0.2) is 73.8 Å². The number of anilines is 2. The summed E-state index contributed by atoms with van der Waals surface area (Å²) >= 11 is 0. The van der Waals surface area contributed by atoms with Crippen LogP contribution in [0.1, 0.15) is 42.4 Å². The van der Waals surface area contributed by atoms with Gasteiger partial charge in [-0.2, -0.15) is 15.2 Å². The van der Waals surface area contributed by atoms with E-state index in [9.17, 15) is 5.26 Å². The number of nitrogens with one attached hydrogen (secondary N) is 1. The van der Waals surface area contributed by atoms with Crippen molar-refractivity contribution >= 4 is 11.8 Å². The van der Waals surface area contributed by atoms with Crippen LogP contribution in [-0.2, 0) is 18.4 Å². The van der Waals surface area contributed by atoms with Crippen LogP contribution in [0.25, 0.3) is 0 Å². The van der Waals surface area contributed by atoms with E-state index in [1.165, 1.54) is 11.1 Å². The van der Waals surface area contributed by atoms with Crippen molar-refractivity contribution in [2.24, 2.45) is 0 Å². The Hall–Kier alpha value is -2.89. The van der Waals surface area contributed by atoms with E-state index in [0.717, 1.165) is 88.0 Å². The largest absolute Gasteiger partial charge is 0.466 e. The third-order valence-electron chi connectivity index (χ3n) is 8.31. The van der Waals surface area contributed by atoms with Gasteiger partial charge in [-0.05, 0) is 57.3 Å². The Bertz CT molecular complexity index is 1140. The molecule has 0 saturated carbocycles. The average Bonchev–Trinajstić information content (AvgIpc) is 2.83. The van der Waals surface area contributed by atoms with Crippen molar-refractivity contribution < 1.29 is 4.74 Å². The standard InChI is InChI=1S/C27H35N7O/c1-32(2)21-17-34(18-21)26-30-24(33-15-14-29-20(16-33)10-13-28)22-9-12-27(35-25(22)31-26)11-5-7-19-6-3-4-8-23(19)27/h3-4,6,8,20-21,29H,5,7,9-12,14-18H2,1-2H3/t20-,27?/m0/s1. The van der Waals surface area contributed by atoms with Crippen molar-refractivity contribution in [1.29, 1.82) is 5.26 Å². The minimum atomic E-state index is -0.293. The smallest absolute Gasteiger partial charge is 0.230 e. The molecule has 35 heavy (non-hydrogen) atoms. The molecule has 0 amide bonds. The average molecular weight is 474 g/mol. The van der Waals surface area contributed by atoms with Crippen LogP contribution in [0.3, 0.4) is 0 Å². The molecule has 1 spiro atoms. The molecule has 4 aliphatic rings. The van der Waals surface area contributed by atoms with E-state index in [-0.39, 0.29) is 11.6 Å². The molecule has 1 unspecified atom stereocenters. The maximum absolute atomic E-state index is 9.25. The van der Waals surface area contributed by atoms with Gasteiger partial charge in [-0.15, -0.1) is 0 Å². The van der Waals surface area contributed by atoms with Gasteiger partial charge in [0.05, 0.1) is 18.1 Å². The van der Waals surface area contributed by atoms with Crippen LogP contribution < -0.4 is 19.9 Å². The predicted molar refractivity (Wildman–Crippen MR) is 136 cm³/mol. The Morgan fingerprint density at radius 2 is 2.00 bits per heavy atom. The molecular formula is C27H35N7O. The summed E-state index contributed by atoms with van der Waals surface area (Å²) in [7, 11) is 4.26. The van der Waals surface area contributed by atoms with Crippen molar-refractivity contribution in [2.45, 2.75) is 56.2 Å². The normalized spacial score (nSPS) is 26.1. The zero-order valence-corrected chi connectivity index (χ0v) is 20.8.